The zero-order chi connectivity index (χ0) is 7.49. The highest BCUT2D eigenvalue weighted by molar-refractivity contribution is 4.78. The molecule has 0 radical (unpaired) electrons. The van der Waals surface area contributed by atoms with Crippen molar-refractivity contribution in [1.82, 2.24) is 10.6 Å². The molecule has 0 aromatic carbocycles. The molecule has 0 aromatic heterocycles. The molecule has 0 fully saturated rings. The summed E-state index contributed by atoms with van der Waals surface area (Å²) >= 11 is 0. The summed E-state index contributed by atoms with van der Waals surface area (Å²) in [4.78, 5) is 0. The van der Waals surface area contributed by atoms with E-state index in [2.05, 4.69) is 10.6 Å². The van der Waals surface area contributed by atoms with Gasteiger partial charge in [0.15, 0.2) is 0 Å². The Kier molecular flexibility index (Phi) is 3.11. The first kappa shape index (κ1) is 8.88. The maximum atomic E-state index is 9.35. The van der Waals surface area contributed by atoms with E-state index in [1.807, 2.05) is 0 Å². The third-order valence-corrected chi connectivity index (χ3v) is 1.28. The molecule has 0 aliphatic heterocycles. The second kappa shape index (κ2) is 3.15. The van der Waals surface area contributed by atoms with Gasteiger partial charge in [0.1, 0.15) is 0 Å². The summed E-state index contributed by atoms with van der Waals surface area (Å²) in [7, 11) is 3.61. The van der Waals surface area contributed by atoms with Crippen LogP contribution < -0.4 is 10.6 Å². The molecule has 9 heavy (non-hydrogen) atoms. The van der Waals surface area contributed by atoms with Crippen LogP contribution in [0, 0.1) is 0 Å². The molecule has 3 nitrogen and oxygen atoms in total. The predicted octanol–water partition coefficient (Wildman–Crippen LogP) is -0.478. The average molecular weight is 132 g/mol. The monoisotopic (exact) mass is 132 g/mol. The fourth-order valence-corrected chi connectivity index (χ4v) is 0.851. The lowest BCUT2D eigenvalue weighted by Crippen LogP contribution is -2.53. The van der Waals surface area contributed by atoms with Crippen molar-refractivity contribution in [1.29, 1.82) is 0 Å². The van der Waals surface area contributed by atoms with E-state index in [9.17, 15) is 5.11 Å². The molecule has 0 aliphatic rings. The number of nitrogens with one attached hydrogen (secondary N) is 2. The van der Waals surface area contributed by atoms with Crippen molar-refractivity contribution in [2.45, 2.75) is 25.6 Å². The molecular formula is C6H16N2O. The Bertz CT molecular complexity index is 73.6. The van der Waals surface area contributed by atoms with Gasteiger partial charge in [0.05, 0.1) is 11.8 Å². The first-order valence-electron chi connectivity index (χ1n) is 3.09. The topological polar surface area (TPSA) is 44.3 Å². The molecule has 0 amide bonds. The molecule has 0 rings (SSSR count). The van der Waals surface area contributed by atoms with Gasteiger partial charge in [-0.2, -0.15) is 0 Å². The predicted molar refractivity (Wildman–Crippen MR) is 38.2 cm³/mol. The van der Waals surface area contributed by atoms with Gasteiger partial charge in [-0.1, -0.05) is 0 Å². The number of aliphatic hydroxyl groups is 1. The van der Waals surface area contributed by atoms with Crippen LogP contribution in [0.4, 0.5) is 0 Å². The van der Waals surface area contributed by atoms with Crippen molar-refractivity contribution in [3.63, 3.8) is 0 Å². The summed E-state index contributed by atoms with van der Waals surface area (Å²) in [6, 6.07) is 0. The van der Waals surface area contributed by atoms with Crippen LogP contribution in [-0.4, -0.2) is 31.0 Å². The van der Waals surface area contributed by atoms with E-state index in [0.717, 1.165) is 0 Å². The third-order valence-electron chi connectivity index (χ3n) is 1.28. The van der Waals surface area contributed by atoms with Crippen LogP contribution >= 0.6 is 0 Å². The summed E-state index contributed by atoms with van der Waals surface area (Å²) in [5, 5.41) is 15.2. The molecule has 0 bridgehead atoms. The summed E-state index contributed by atoms with van der Waals surface area (Å²) in [6.07, 6.45) is -0.0440. The molecule has 0 atom stereocenters. The second-order valence-corrected chi connectivity index (χ2v) is 2.66. The Morgan fingerprint density at radius 1 is 1.22 bits per heavy atom. The van der Waals surface area contributed by atoms with Gasteiger partial charge in [0, 0.05) is 0 Å². The van der Waals surface area contributed by atoms with Crippen LogP contribution in [0.1, 0.15) is 13.8 Å². The van der Waals surface area contributed by atoms with E-state index < -0.39 is 5.60 Å². The van der Waals surface area contributed by atoms with E-state index in [0.29, 0.717) is 0 Å². The van der Waals surface area contributed by atoms with Gasteiger partial charge in [-0.05, 0) is 27.9 Å². The van der Waals surface area contributed by atoms with Crippen LogP contribution in [0.3, 0.4) is 0 Å². The highest BCUT2D eigenvalue weighted by atomic mass is 16.3. The minimum atomic E-state index is -0.705. The average Bonchev–Trinajstić information content (AvgIpc) is 1.65. The highest BCUT2D eigenvalue weighted by Crippen LogP contribution is 2.03. The minimum Gasteiger partial charge on any atom is -0.387 e. The van der Waals surface area contributed by atoms with Gasteiger partial charge in [-0.3, -0.25) is 0 Å². The maximum absolute atomic E-state index is 9.35. The van der Waals surface area contributed by atoms with Gasteiger partial charge in [0.2, 0.25) is 0 Å². The first-order valence-corrected chi connectivity index (χ1v) is 3.09. The summed E-state index contributed by atoms with van der Waals surface area (Å²) in [5.74, 6) is 0. The molecule has 0 aromatic rings. The Morgan fingerprint density at radius 2 is 1.56 bits per heavy atom. The van der Waals surface area contributed by atoms with Crippen LogP contribution in [0.5, 0.6) is 0 Å². The summed E-state index contributed by atoms with van der Waals surface area (Å²) in [6.45, 7) is 3.51. The van der Waals surface area contributed by atoms with Crippen molar-refractivity contribution in [3.8, 4) is 0 Å². The van der Waals surface area contributed by atoms with Crippen molar-refractivity contribution in [3.05, 3.63) is 0 Å². The molecule has 0 heterocycles. The second-order valence-electron chi connectivity index (χ2n) is 2.66. The molecule has 0 spiro atoms. The van der Waals surface area contributed by atoms with Gasteiger partial charge in [-0.25, -0.2) is 0 Å². The SMILES string of the molecule is CNC(NC)C(C)(C)O. The largest absolute Gasteiger partial charge is 0.387 e. The zero-order valence-electron chi connectivity index (χ0n) is 6.52. The Morgan fingerprint density at radius 3 is 1.56 bits per heavy atom. The van der Waals surface area contributed by atoms with Gasteiger partial charge in [-0.15, -0.1) is 0 Å². The zero-order valence-corrected chi connectivity index (χ0v) is 6.52. The smallest absolute Gasteiger partial charge is 0.0874 e. The van der Waals surface area contributed by atoms with Crippen LogP contribution in [0.2, 0.25) is 0 Å². The van der Waals surface area contributed by atoms with Crippen molar-refractivity contribution >= 4 is 0 Å². The van der Waals surface area contributed by atoms with Gasteiger partial charge in [0.25, 0.3) is 0 Å². The number of hydrogen-bond donors (Lipinski definition) is 3. The number of rotatable bonds is 3. The van der Waals surface area contributed by atoms with Crippen LogP contribution in [0.15, 0.2) is 0 Å². The number of hydrogen-bond acceptors (Lipinski definition) is 3. The lowest BCUT2D eigenvalue weighted by atomic mass is 10.1. The van der Waals surface area contributed by atoms with Crippen LogP contribution in [-0.2, 0) is 0 Å². The van der Waals surface area contributed by atoms with Crippen molar-refractivity contribution in [2.24, 2.45) is 0 Å². The van der Waals surface area contributed by atoms with E-state index in [1.165, 1.54) is 0 Å². The lowest BCUT2D eigenvalue weighted by Gasteiger charge is -2.28. The van der Waals surface area contributed by atoms with E-state index >= 15 is 0 Å². The molecule has 0 aliphatic carbocycles. The maximum Gasteiger partial charge on any atom is 0.0874 e. The fourth-order valence-electron chi connectivity index (χ4n) is 0.851. The fraction of sp³-hybridized carbons (Fsp3) is 1.00. The first-order chi connectivity index (χ1) is 4.02. The Hall–Kier alpha value is -0.120. The Balaban J connectivity index is 3.79. The summed E-state index contributed by atoms with van der Waals surface area (Å²) < 4.78 is 0. The molecule has 0 saturated heterocycles. The molecule has 3 N–H and O–H groups in total. The molecule has 0 saturated carbocycles. The van der Waals surface area contributed by atoms with E-state index in [4.69, 9.17) is 0 Å². The molecule has 3 heteroatoms. The van der Waals surface area contributed by atoms with E-state index in [1.54, 1.807) is 27.9 Å². The van der Waals surface area contributed by atoms with Crippen LogP contribution in [0.25, 0.3) is 0 Å². The highest BCUT2D eigenvalue weighted by Gasteiger charge is 2.22. The summed E-state index contributed by atoms with van der Waals surface area (Å²) in [5.41, 5.74) is -0.705. The molecular weight excluding hydrogens is 116 g/mol. The third kappa shape index (κ3) is 2.79. The number of likely N-dealkylation sites (N-methyl/N-ethyl adjacent to an activating group) is 2. The van der Waals surface area contributed by atoms with Crippen molar-refractivity contribution < 1.29 is 5.11 Å². The lowest BCUT2D eigenvalue weighted by molar-refractivity contribution is 0.0305. The van der Waals surface area contributed by atoms with Gasteiger partial charge < -0.3 is 15.7 Å². The quantitative estimate of drug-likeness (QED) is 0.455. The molecule has 0 unspecified atom stereocenters. The normalized spacial score (nSPS) is 12.7. The van der Waals surface area contributed by atoms with Crippen molar-refractivity contribution in [2.75, 3.05) is 14.1 Å². The van der Waals surface area contributed by atoms with E-state index in [-0.39, 0.29) is 6.17 Å². The minimum absolute atomic E-state index is 0.0440. The molecule has 56 valence electrons. The standard InChI is InChI=1S/C6H16N2O/c1-6(2,9)5(7-3)8-4/h5,7-9H,1-4H3. The Labute approximate surface area is 56.5 Å². The van der Waals surface area contributed by atoms with Gasteiger partial charge >= 0.3 is 0 Å².